The lowest BCUT2D eigenvalue weighted by Gasteiger charge is -2.15. The number of hydrogen-bond donors (Lipinski definition) is 1. The van der Waals surface area contributed by atoms with Crippen molar-refractivity contribution in [2.75, 3.05) is 23.7 Å². The van der Waals surface area contributed by atoms with Crippen LogP contribution < -0.4 is 10.2 Å². The fourth-order valence-electron chi connectivity index (χ4n) is 2.87. The molecule has 142 valence electrons. The van der Waals surface area contributed by atoms with Crippen LogP contribution in [0.2, 0.25) is 10.0 Å². The van der Waals surface area contributed by atoms with Crippen LogP contribution in [0.4, 0.5) is 5.69 Å². The summed E-state index contributed by atoms with van der Waals surface area (Å²) in [6.07, 6.45) is 1.49. The van der Waals surface area contributed by atoms with E-state index in [1.54, 1.807) is 34.9 Å². The zero-order valence-corrected chi connectivity index (χ0v) is 17.0. The number of rotatable bonds is 7. The number of thioether (sulfide) groups is 1. The van der Waals surface area contributed by atoms with E-state index in [0.29, 0.717) is 28.6 Å². The number of amides is 2. The highest BCUT2D eigenvalue weighted by Crippen LogP contribution is 2.24. The number of nitrogens with zero attached hydrogens (tertiary/aromatic N) is 1. The predicted octanol–water partition coefficient (Wildman–Crippen LogP) is 4.78. The van der Waals surface area contributed by atoms with Gasteiger partial charge in [0.1, 0.15) is 0 Å². The van der Waals surface area contributed by atoms with Gasteiger partial charge in [-0.3, -0.25) is 9.59 Å². The molecule has 1 heterocycles. The Balaban J connectivity index is 1.41. The number of carbonyl (C=O) groups is 2. The van der Waals surface area contributed by atoms with Gasteiger partial charge in [0.15, 0.2) is 0 Å². The van der Waals surface area contributed by atoms with Gasteiger partial charge >= 0.3 is 0 Å². The first-order valence-corrected chi connectivity index (χ1v) is 10.7. The maximum Gasteiger partial charge on any atom is 0.251 e. The number of nitrogens with one attached hydrogen (secondary N) is 1. The third-order valence-electron chi connectivity index (χ3n) is 4.30. The summed E-state index contributed by atoms with van der Waals surface area (Å²) in [5.74, 6) is 1.65. The monoisotopic (exact) mass is 422 g/mol. The molecule has 4 nitrogen and oxygen atoms in total. The molecular weight excluding hydrogens is 403 g/mol. The summed E-state index contributed by atoms with van der Waals surface area (Å²) in [5, 5.41) is 4.03. The van der Waals surface area contributed by atoms with E-state index in [1.807, 2.05) is 24.3 Å². The third kappa shape index (κ3) is 5.41. The SMILES string of the molecule is O=C(NCCSCc1ccc(Cl)c(Cl)c1)c1ccc(N2CCCC2=O)cc1. The van der Waals surface area contributed by atoms with Crippen molar-refractivity contribution in [1.82, 2.24) is 5.32 Å². The van der Waals surface area contributed by atoms with Crippen LogP contribution in [0.15, 0.2) is 42.5 Å². The molecule has 0 spiro atoms. The number of benzene rings is 2. The Bertz CT molecular complexity index is 827. The van der Waals surface area contributed by atoms with Gasteiger partial charge in [0.25, 0.3) is 5.91 Å². The van der Waals surface area contributed by atoms with Gasteiger partial charge in [-0.25, -0.2) is 0 Å². The molecule has 0 bridgehead atoms. The zero-order valence-electron chi connectivity index (χ0n) is 14.7. The Kier molecular flexibility index (Phi) is 7.05. The number of halogens is 2. The highest BCUT2D eigenvalue weighted by molar-refractivity contribution is 7.98. The Morgan fingerprint density at radius 2 is 1.89 bits per heavy atom. The summed E-state index contributed by atoms with van der Waals surface area (Å²) in [6.45, 7) is 1.33. The van der Waals surface area contributed by atoms with E-state index in [4.69, 9.17) is 23.2 Å². The molecule has 0 aliphatic carbocycles. The van der Waals surface area contributed by atoms with Crippen molar-refractivity contribution in [2.24, 2.45) is 0 Å². The minimum Gasteiger partial charge on any atom is -0.351 e. The number of carbonyl (C=O) groups excluding carboxylic acids is 2. The van der Waals surface area contributed by atoms with Crippen LogP contribution in [0.5, 0.6) is 0 Å². The molecule has 2 aromatic carbocycles. The Morgan fingerprint density at radius 1 is 1.11 bits per heavy atom. The first kappa shape index (κ1) is 20.1. The molecule has 27 heavy (non-hydrogen) atoms. The van der Waals surface area contributed by atoms with Crippen LogP contribution in [0, 0.1) is 0 Å². The lowest BCUT2D eigenvalue weighted by molar-refractivity contribution is -0.117. The van der Waals surface area contributed by atoms with Crippen LogP contribution in [0.25, 0.3) is 0 Å². The van der Waals surface area contributed by atoms with Gasteiger partial charge in [0.2, 0.25) is 5.91 Å². The van der Waals surface area contributed by atoms with Gasteiger partial charge in [-0.1, -0.05) is 29.3 Å². The summed E-state index contributed by atoms with van der Waals surface area (Å²) >= 11 is 13.6. The van der Waals surface area contributed by atoms with Crippen molar-refractivity contribution in [1.29, 1.82) is 0 Å². The summed E-state index contributed by atoms with van der Waals surface area (Å²) in [7, 11) is 0. The average Bonchev–Trinajstić information content (AvgIpc) is 3.10. The fraction of sp³-hybridized carbons (Fsp3) is 0.300. The van der Waals surface area contributed by atoms with Crippen molar-refractivity contribution in [3.63, 3.8) is 0 Å². The lowest BCUT2D eigenvalue weighted by Crippen LogP contribution is -2.26. The van der Waals surface area contributed by atoms with E-state index < -0.39 is 0 Å². The second-order valence-corrected chi connectivity index (χ2v) is 8.17. The van der Waals surface area contributed by atoms with Gasteiger partial charge in [0, 0.05) is 42.3 Å². The summed E-state index contributed by atoms with van der Waals surface area (Å²) < 4.78 is 0. The summed E-state index contributed by atoms with van der Waals surface area (Å²) in [6, 6.07) is 12.8. The fourth-order valence-corrected chi connectivity index (χ4v) is 4.00. The first-order valence-electron chi connectivity index (χ1n) is 8.75. The topological polar surface area (TPSA) is 49.4 Å². The van der Waals surface area contributed by atoms with Crippen molar-refractivity contribution < 1.29 is 9.59 Å². The molecule has 3 rings (SSSR count). The van der Waals surface area contributed by atoms with E-state index in [9.17, 15) is 9.59 Å². The molecule has 1 saturated heterocycles. The molecule has 2 amide bonds. The largest absolute Gasteiger partial charge is 0.351 e. The van der Waals surface area contributed by atoms with Gasteiger partial charge in [-0.15, -0.1) is 0 Å². The molecule has 7 heteroatoms. The van der Waals surface area contributed by atoms with E-state index in [-0.39, 0.29) is 11.8 Å². The Labute approximate surface area is 173 Å². The van der Waals surface area contributed by atoms with Crippen molar-refractivity contribution in [3.8, 4) is 0 Å². The first-order chi connectivity index (χ1) is 13.0. The van der Waals surface area contributed by atoms with E-state index in [1.165, 1.54) is 0 Å². The molecule has 2 aromatic rings. The van der Waals surface area contributed by atoms with Crippen molar-refractivity contribution in [2.45, 2.75) is 18.6 Å². The molecular formula is C20H20Cl2N2O2S. The maximum atomic E-state index is 12.2. The van der Waals surface area contributed by atoms with Gasteiger partial charge in [-0.05, 0) is 48.4 Å². The normalized spacial score (nSPS) is 13.9. The number of hydrogen-bond acceptors (Lipinski definition) is 3. The van der Waals surface area contributed by atoms with Crippen LogP contribution in [-0.4, -0.2) is 30.7 Å². The summed E-state index contributed by atoms with van der Waals surface area (Å²) in [5.41, 5.74) is 2.55. The molecule has 1 fully saturated rings. The lowest BCUT2D eigenvalue weighted by atomic mass is 10.2. The van der Waals surface area contributed by atoms with Crippen LogP contribution in [0.3, 0.4) is 0 Å². The standard InChI is InChI=1S/C20H20Cl2N2O2S/c21-17-8-3-14(12-18(17)22)13-27-11-9-23-20(26)15-4-6-16(7-5-15)24-10-1-2-19(24)25/h3-8,12H,1-2,9-11,13H2,(H,23,26). The van der Waals surface area contributed by atoms with Gasteiger partial charge < -0.3 is 10.2 Å². The highest BCUT2D eigenvalue weighted by Gasteiger charge is 2.21. The van der Waals surface area contributed by atoms with E-state index in [2.05, 4.69) is 5.32 Å². The van der Waals surface area contributed by atoms with Gasteiger partial charge in [0.05, 0.1) is 10.0 Å². The quantitative estimate of drug-likeness (QED) is 0.652. The molecule has 1 N–H and O–H groups in total. The van der Waals surface area contributed by atoms with Crippen LogP contribution >= 0.6 is 35.0 Å². The van der Waals surface area contributed by atoms with Crippen molar-refractivity contribution >= 4 is 52.5 Å². The maximum absolute atomic E-state index is 12.2. The molecule has 0 radical (unpaired) electrons. The molecule has 0 aromatic heterocycles. The average molecular weight is 423 g/mol. The molecule has 1 aliphatic rings. The highest BCUT2D eigenvalue weighted by atomic mass is 35.5. The second-order valence-electron chi connectivity index (χ2n) is 6.25. The molecule has 0 atom stereocenters. The van der Waals surface area contributed by atoms with E-state index in [0.717, 1.165) is 35.7 Å². The Hall–Kier alpha value is -1.69. The number of anilines is 1. The molecule has 0 saturated carbocycles. The van der Waals surface area contributed by atoms with Crippen molar-refractivity contribution in [3.05, 3.63) is 63.6 Å². The predicted molar refractivity (Wildman–Crippen MR) is 113 cm³/mol. The Morgan fingerprint density at radius 3 is 2.56 bits per heavy atom. The second kappa shape index (κ2) is 9.49. The summed E-state index contributed by atoms with van der Waals surface area (Å²) in [4.78, 5) is 25.8. The van der Waals surface area contributed by atoms with E-state index >= 15 is 0 Å². The third-order valence-corrected chi connectivity index (χ3v) is 6.07. The van der Waals surface area contributed by atoms with Crippen LogP contribution in [0.1, 0.15) is 28.8 Å². The molecule has 0 unspecified atom stereocenters. The minimum absolute atomic E-state index is 0.107. The zero-order chi connectivity index (χ0) is 19.2. The van der Waals surface area contributed by atoms with Crippen LogP contribution in [-0.2, 0) is 10.5 Å². The molecule has 1 aliphatic heterocycles. The van der Waals surface area contributed by atoms with Gasteiger partial charge in [-0.2, -0.15) is 11.8 Å². The smallest absolute Gasteiger partial charge is 0.251 e. The minimum atomic E-state index is -0.107.